The van der Waals surface area contributed by atoms with Gasteiger partial charge in [0.15, 0.2) is 0 Å². The standard InChI is InChI=1S/Bi.Cu.H2O.Sr.4H/h;;1H2;;;;;/q;;;+1;;;;/p-1. The molecule has 0 aromatic heterocycles. The Morgan fingerprint density at radius 1 is 1.00 bits per heavy atom. The van der Waals surface area contributed by atoms with Gasteiger partial charge in [-0.1, -0.05) is 0 Å². The molecule has 0 aromatic carbocycles. The van der Waals surface area contributed by atoms with Crippen LogP contribution in [0.4, 0.5) is 0 Å². The van der Waals surface area contributed by atoms with E-state index in [1.165, 1.54) is 0 Å². The maximum absolute atomic E-state index is 0. The van der Waals surface area contributed by atoms with Crippen molar-refractivity contribution in [3.63, 3.8) is 0 Å². The molecule has 0 heterocycles. The van der Waals surface area contributed by atoms with Crippen molar-refractivity contribution in [1.29, 1.82) is 0 Å². The van der Waals surface area contributed by atoms with E-state index in [1.54, 1.807) is 0 Å². The van der Waals surface area contributed by atoms with Crippen molar-refractivity contribution in [1.82, 2.24) is 0 Å². The van der Waals surface area contributed by atoms with Gasteiger partial charge in [-0.2, -0.15) is 0 Å². The summed E-state index contributed by atoms with van der Waals surface area (Å²) in [5.74, 6) is 0. The Morgan fingerprint density at radius 2 is 1.00 bits per heavy atom. The van der Waals surface area contributed by atoms with Gasteiger partial charge in [-0.3, -0.25) is 0 Å². The van der Waals surface area contributed by atoms with Gasteiger partial charge in [0.2, 0.25) is 0 Å². The van der Waals surface area contributed by atoms with E-state index in [1.807, 2.05) is 0 Å². The third-order valence-electron chi connectivity index (χ3n) is 0. The first kappa shape index (κ1) is 28.9. The number of rotatable bonds is 0. The fraction of sp³-hybridized carbons (Fsp3) is 0. The second-order valence-corrected chi connectivity index (χ2v) is 0. The van der Waals surface area contributed by atoms with Gasteiger partial charge in [-0.05, 0) is 0 Å². The predicted octanol–water partition coefficient (Wildman–Crippen LogP) is -2.01. The van der Waals surface area contributed by atoms with Crippen molar-refractivity contribution in [3.05, 3.63) is 0 Å². The molecule has 0 aliphatic heterocycles. The predicted molar refractivity (Wildman–Crippen MR) is 19.0 cm³/mol. The van der Waals surface area contributed by atoms with E-state index in [9.17, 15) is 0 Å². The van der Waals surface area contributed by atoms with Crippen molar-refractivity contribution in [2.24, 2.45) is 0 Å². The van der Waals surface area contributed by atoms with Gasteiger partial charge in [-0.25, -0.2) is 0 Å². The van der Waals surface area contributed by atoms with Crippen LogP contribution in [0.3, 0.4) is 0 Å². The molecule has 4 heteroatoms. The fourth-order valence-electron chi connectivity index (χ4n) is 0. The summed E-state index contributed by atoms with van der Waals surface area (Å²) in [6.07, 6.45) is 0. The summed E-state index contributed by atoms with van der Waals surface area (Å²) >= 11 is 0. The van der Waals surface area contributed by atoms with Crippen LogP contribution in [0.25, 0.3) is 0 Å². The molecule has 29 valence electrons. The van der Waals surface area contributed by atoms with Gasteiger partial charge < -0.3 is 5.48 Å². The molecular formula is H5BiCuOSr. The minimum absolute atomic E-state index is 0. The van der Waals surface area contributed by atoms with E-state index in [2.05, 4.69) is 0 Å². The molecule has 0 bridgehead atoms. The number of hydrogen-bond acceptors (Lipinski definition) is 1. The van der Waals surface area contributed by atoms with Crippen LogP contribution in [0.15, 0.2) is 0 Å². The Kier molecular flexibility index (Phi) is 123. The molecule has 0 saturated heterocycles. The monoisotopic (exact) mass is 381 g/mol. The molecule has 0 saturated carbocycles. The van der Waals surface area contributed by atoms with E-state index in [0.29, 0.717) is 0 Å². The zero-order chi connectivity index (χ0) is 0. The molecule has 1 nitrogen and oxygen atoms in total. The summed E-state index contributed by atoms with van der Waals surface area (Å²) in [7, 11) is 0. The Labute approximate surface area is 92.1 Å². The van der Waals surface area contributed by atoms with Gasteiger partial charge in [0.25, 0.3) is 0 Å². The summed E-state index contributed by atoms with van der Waals surface area (Å²) in [6, 6.07) is 0. The van der Waals surface area contributed by atoms with Gasteiger partial charge in [0.1, 0.15) is 0 Å². The molecule has 0 fully saturated rings. The number of hydrogen-bond donors (Lipinski definition) is 0. The zero-order valence-corrected chi connectivity index (χ0v) is 13.8. The van der Waals surface area contributed by atoms with E-state index in [4.69, 9.17) is 0 Å². The molecule has 0 aromatic rings. The van der Waals surface area contributed by atoms with Crippen LogP contribution in [-0.2, 0) is 17.1 Å². The topological polar surface area (TPSA) is 30.0 Å². The molecule has 0 unspecified atom stereocenters. The summed E-state index contributed by atoms with van der Waals surface area (Å²) in [5.41, 5.74) is 0. The molecule has 0 atom stereocenters. The Bertz CT molecular complexity index is 8.00. The molecule has 0 rings (SSSR count). The summed E-state index contributed by atoms with van der Waals surface area (Å²) in [4.78, 5) is 0. The Balaban J connectivity index is 0. The molecule has 4 heavy (non-hydrogen) atoms. The van der Waals surface area contributed by atoms with Crippen LogP contribution in [0, 0.1) is 0 Å². The van der Waals surface area contributed by atoms with Crippen molar-refractivity contribution in [2.75, 3.05) is 0 Å². The van der Waals surface area contributed by atoms with E-state index < -0.39 is 0 Å². The van der Waals surface area contributed by atoms with Gasteiger partial charge in [-0.15, -0.1) is 0 Å². The quantitative estimate of drug-likeness (QED) is 0.446. The average Bonchev–Trinajstić information content (AvgIpc) is 0. The van der Waals surface area contributed by atoms with E-state index >= 15 is 0 Å². The molecular weight excluding hydrogens is 376 g/mol. The minimum atomic E-state index is 0. The summed E-state index contributed by atoms with van der Waals surface area (Å²) < 4.78 is 0. The first-order chi connectivity index (χ1) is 0. The SMILES string of the molecule is [BiH3].[Cu].[OH-].[SrH+]. The molecule has 0 spiro atoms. The van der Waals surface area contributed by atoms with Crippen LogP contribution < -0.4 is 0 Å². The summed E-state index contributed by atoms with van der Waals surface area (Å²) in [6.45, 7) is 0. The van der Waals surface area contributed by atoms with Gasteiger partial charge >= 0.3 is 71.7 Å². The third-order valence-corrected chi connectivity index (χ3v) is 0. The second kappa shape index (κ2) is 17.0. The fourth-order valence-corrected chi connectivity index (χ4v) is 0. The van der Waals surface area contributed by atoms with E-state index in [0.717, 1.165) is 0 Å². The first-order valence-electron chi connectivity index (χ1n) is 0. The van der Waals surface area contributed by atoms with Gasteiger partial charge in [0.05, 0.1) is 0 Å². The van der Waals surface area contributed by atoms with Crippen molar-refractivity contribution in [2.45, 2.75) is 0 Å². The molecule has 1 N–H and O–H groups in total. The van der Waals surface area contributed by atoms with Crippen LogP contribution >= 0.6 is 0 Å². The maximum atomic E-state index is 0. The van der Waals surface area contributed by atoms with Crippen LogP contribution in [-0.4, -0.2) is 77.2 Å². The third kappa shape index (κ3) is 8.85. The molecule has 1 radical (unpaired) electrons. The van der Waals surface area contributed by atoms with Crippen LogP contribution in [0.1, 0.15) is 0 Å². The normalized spacial score (nSPS) is 0. The molecule has 0 aliphatic rings. The summed E-state index contributed by atoms with van der Waals surface area (Å²) in [5, 5.41) is 0. The van der Waals surface area contributed by atoms with Crippen LogP contribution in [0.5, 0.6) is 0 Å². The average molecular weight is 381 g/mol. The molecule has 0 aliphatic carbocycles. The second-order valence-electron chi connectivity index (χ2n) is 0. The van der Waals surface area contributed by atoms with Crippen molar-refractivity contribution < 1.29 is 22.5 Å². The van der Waals surface area contributed by atoms with Crippen molar-refractivity contribution in [3.8, 4) is 0 Å². The molecule has 0 amide bonds. The first-order valence-corrected chi connectivity index (χ1v) is 0. The van der Waals surface area contributed by atoms with E-state index in [-0.39, 0.29) is 94.2 Å². The zero-order valence-electron chi connectivity index (χ0n) is 2.46. The Morgan fingerprint density at radius 3 is 1.00 bits per heavy atom. The van der Waals surface area contributed by atoms with Crippen LogP contribution in [0.2, 0.25) is 0 Å². The van der Waals surface area contributed by atoms with Gasteiger partial charge in [0, 0.05) is 17.1 Å². The van der Waals surface area contributed by atoms with Crippen molar-refractivity contribution >= 4 is 71.7 Å². The Hall–Kier alpha value is 2.84.